The van der Waals surface area contributed by atoms with E-state index in [9.17, 15) is 4.79 Å². The molecule has 1 heterocycles. The predicted molar refractivity (Wildman–Crippen MR) is 45.9 cm³/mol. The molecule has 1 aromatic heterocycles. The molecule has 0 saturated carbocycles. The fourth-order valence-corrected chi connectivity index (χ4v) is 1.17. The lowest BCUT2D eigenvalue weighted by molar-refractivity contribution is -0.141. The van der Waals surface area contributed by atoms with Gasteiger partial charge in [0.25, 0.3) is 0 Å². The SMILES string of the molecule is CCC(Cc1ccc[nH]1)C(=O)O. The minimum absolute atomic E-state index is 0.261. The lowest BCUT2D eigenvalue weighted by Crippen LogP contribution is -2.15. The average Bonchev–Trinajstić information content (AvgIpc) is 2.51. The summed E-state index contributed by atoms with van der Waals surface area (Å²) in [7, 11) is 0. The van der Waals surface area contributed by atoms with Crippen LogP contribution in [0.2, 0.25) is 0 Å². The molecule has 3 heteroatoms. The van der Waals surface area contributed by atoms with Crippen LogP contribution in [-0.2, 0) is 11.2 Å². The normalized spacial score (nSPS) is 12.8. The molecule has 1 aromatic rings. The van der Waals surface area contributed by atoms with Crippen molar-refractivity contribution in [3.63, 3.8) is 0 Å². The summed E-state index contributed by atoms with van der Waals surface area (Å²) in [6.07, 6.45) is 3.08. The third-order valence-electron chi connectivity index (χ3n) is 1.97. The van der Waals surface area contributed by atoms with Crippen LogP contribution in [0.5, 0.6) is 0 Å². The number of carboxylic acids is 1. The molecule has 0 fully saturated rings. The molecular formula is C9H13NO2. The second-order valence-electron chi connectivity index (χ2n) is 2.84. The molecule has 0 bridgehead atoms. The van der Waals surface area contributed by atoms with E-state index >= 15 is 0 Å². The van der Waals surface area contributed by atoms with Crippen LogP contribution in [0.25, 0.3) is 0 Å². The number of carboxylic acid groups (broad SMARTS) is 1. The van der Waals surface area contributed by atoms with Crippen LogP contribution in [0.4, 0.5) is 0 Å². The van der Waals surface area contributed by atoms with Crippen molar-refractivity contribution >= 4 is 5.97 Å². The topological polar surface area (TPSA) is 53.1 Å². The number of hydrogen-bond donors (Lipinski definition) is 2. The first-order chi connectivity index (χ1) is 5.74. The molecule has 1 unspecified atom stereocenters. The maximum atomic E-state index is 10.6. The number of aromatic amines is 1. The van der Waals surface area contributed by atoms with E-state index in [1.54, 1.807) is 0 Å². The molecule has 0 amide bonds. The van der Waals surface area contributed by atoms with Gasteiger partial charge in [0.05, 0.1) is 5.92 Å². The van der Waals surface area contributed by atoms with Gasteiger partial charge < -0.3 is 10.1 Å². The first-order valence-corrected chi connectivity index (χ1v) is 4.09. The van der Waals surface area contributed by atoms with Crippen molar-refractivity contribution in [2.75, 3.05) is 0 Å². The highest BCUT2D eigenvalue weighted by Gasteiger charge is 2.15. The molecule has 2 N–H and O–H groups in total. The zero-order chi connectivity index (χ0) is 8.97. The molecule has 0 saturated heterocycles. The largest absolute Gasteiger partial charge is 0.481 e. The lowest BCUT2D eigenvalue weighted by Gasteiger charge is -2.06. The van der Waals surface area contributed by atoms with E-state index in [1.807, 2.05) is 25.3 Å². The van der Waals surface area contributed by atoms with Crippen LogP contribution in [0, 0.1) is 5.92 Å². The van der Waals surface area contributed by atoms with Crippen molar-refractivity contribution in [2.45, 2.75) is 19.8 Å². The van der Waals surface area contributed by atoms with Crippen LogP contribution < -0.4 is 0 Å². The average molecular weight is 167 g/mol. The maximum Gasteiger partial charge on any atom is 0.306 e. The van der Waals surface area contributed by atoms with Gasteiger partial charge in [-0.15, -0.1) is 0 Å². The molecule has 0 spiro atoms. The van der Waals surface area contributed by atoms with E-state index in [2.05, 4.69) is 4.98 Å². The third-order valence-corrected chi connectivity index (χ3v) is 1.97. The summed E-state index contributed by atoms with van der Waals surface area (Å²) < 4.78 is 0. The van der Waals surface area contributed by atoms with E-state index in [1.165, 1.54) is 0 Å². The van der Waals surface area contributed by atoms with Crippen LogP contribution in [0.3, 0.4) is 0 Å². The lowest BCUT2D eigenvalue weighted by atomic mass is 10.0. The molecule has 0 aliphatic carbocycles. The Balaban J connectivity index is 2.54. The molecule has 0 aliphatic heterocycles. The smallest absolute Gasteiger partial charge is 0.306 e. The summed E-state index contributed by atoms with van der Waals surface area (Å²) in [5.74, 6) is -0.976. The van der Waals surface area contributed by atoms with Crippen molar-refractivity contribution in [3.8, 4) is 0 Å². The second kappa shape index (κ2) is 3.95. The van der Waals surface area contributed by atoms with E-state index in [-0.39, 0.29) is 5.92 Å². The van der Waals surface area contributed by atoms with Gasteiger partial charge in [-0.25, -0.2) is 0 Å². The minimum atomic E-state index is -0.716. The van der Waals surface area contributed by atoms with E-state index in [0.29, 0.717) is 12.8 Å². The van der Waals surface area contributed by atoms with Crippen molar-refractivity contribution in [3.05, 3.63) is 24.0 Å². The summed E-state index contributed by atoms with van der Waals surface area (Å²) in [5, 5.41) is 8.76. The number of hydrogen-bond acceptors (Lipinski definition) is 1. The van der Waals surface area contributed by atoms with Crippen molar-refractivity contribution in [1.82, 2.24) is 4.98 Å². The molecule has 66 valence electrons. The molecule has 1 rings (SSSR count). The van der Waals surface area contributed by atoms with Gasteiger partial charge in [0.1, 0.15) is 0 Å². The molecule has 12 heavy (non-hydrogen) atoms. The third kappa shape index (κ3) is 2.12. The number of carbonyl (C=O) groups is 1. The van der Waals surface area contributed by atoms with Crippen LogP contribution in [-0.4, -0.2) is 16.1 Å². The quantitative estimate of drug-likeness (QED) is 0.716. The maximum absolute atomic E-state index is 10.6. The Kier molecular flexibility index (Phi) is 2.91. The number of nitrogens with one attached hydrogen (secondary N) is 1. The first-order valence-electron chi connectivity index (χ1n) is 4.09. The zero-order valence-electron chi connectivity index (χ0n) is 7.08. The van der Waals surface area contributed by atoms with Gasteiger partial charge in [-0.3, -0.25) is 4.79 Å². The Bertz CT molecular complexity index is 241. The monoisotopic (exact) mass is 167 g/mol. The van der Waals surface area contributed by atoms with Crippen LogP contribution in [0.1, 0.15) is 19.0 Å². The molecule has 1 atom stereocenters. The highest BCUT2D eigenvalue weighted by atomic mass is 16.4. The van der Waals surface area contributed by atoms with E-state index < -0.39 is 5.97 Å². The molecule has 3 nitrogen and oxygen atoms in total. The van der Waals surface area contributed by atoms with Crippen molar-refractivity contribution in [2.24, 2.45) is 5.92 Å². The van der Waals surface area contributed by atoms with Crippen molar-refractivity contribution in [1.29, 1.82) is 0 Å². The Morgan fingerprint density at radius 2 is 2.50 bits per heavy atom. The summed E-state index contributed by atoms with van der Waals surface area (Å²) in [6.45, 7) is 1.89. The van der Waals surface area contributed by atoms with E-state index in [4.69, 9.17) is 5.11 Å². The Labute approximate surface area is 71.4 Å². The van der Waals surface area contributed by atoms with Gasteiger partial charge in [0.15, 0.2) is 0 Å². The minimum Gasteiger partial charge on any atom is -0.481 e. The number of H-pyrrole nitrogens is 1. The molecule has 0 aliphatic rings. The number of aliphatic carboxylic acids is 1. The summed E-state index contributed by atoms with van der Waals surface area (Å²) in [6, 6.07) is 3.79. The van der Waals surface area contributed by atoms with Gasteiger partial charge in [-0.1, -0.05) is 6.92 Å². The highest BCUT2D eigenvalue weighted by molar-refractivity contribution is 5.70. The summed E-state index contributed by atoms with van der Waals surface area (Å²) >= 11 is 0. The zero-order valence-corrected chi connectivity index (χ0v) is 7.08. The molecular weight excluding hydrogens is 154 g/mol. The number of aromatic nitrogens is 1. The summed E-state index contributed by atoms with van der Waals surface area (Å²) in [5.41, 5.74) is 0.990. The highest BCUT2D eigenvalue weighted by Crippen LogP contribution is 2.10. The second-order valence-corrected chi connectivity index (χ2v) is 2.84. The van der Waals surface area contributed by atoms with Gasteiger partial charge >= 0.3 is 5.97 Å². The van der Waals surface area contributed by atoms with Gasteiger partial charge in [-0.2, -0.15) is 0 Å². The Morgan fingerprint density at radius 3 is 2.92 bits per heavy atom. The molecule has 0 aromatic carbocycles. The fourth-order valence-electron chi connectivity index (χ4n) is 1.17. The summed E-state index contributed by atoms with van der Waals surface area (Å²) in [4.78, 5) is 13.6. The Hall–Kier alpha value is -1.25. The fraction of sp³-hybridized carbons (Fsp3) is 0.444. The predicted octanol–water partition coefficient (Wildman–Crippen LogP) is 1.67. The number of rotatable bonds is 4. The van der Waals surface area contributed by atoms with Gasteiger partial charge in [-0.05, 0) is 18.6 Å². The Morgan fingerprint density at radius 1 is 1.75 bits per heavy atom. The van der Waals surface area contributed by atoms with Crippen molar-refractivity contribution < 1.29 is 9.90 Å². The van der Waals surface area contributed by atoms with Crippen LogP contribution in [0.15, 0.2) is 18.3 Å². The first kappa shape index (κ1) is 8.84. The van der Waals surface area contributed by atoms with Gasteiger partial charge in [0, 0.05) is 18.3 Å². The van der Waals surface area contributed by atoms with E-state index in [0.717, 1.165) is 5.69 Å². The molecule has 0 radical (unpaired) electrons. The standard InChI is InChI=1S/C9H13NO2/c1-2-7(9(11)12)6-8-4-3-5-10-8/h3-5,7,10H,2,6H2,1H3,(H,11,12). The van der Waals surface area contributed by atoms with Crippen LogP contribution >= 0.6 is 0 Å². The van der Waals surface area contributed by atoms with Gasteiger partial charge in [0.2, 0.25) is 0 Å².